The first-order valence-electron chi connectivity index (χ1n) is 9.27. The predicted molar refractivity (Wildman–Crippen MR) is 106 cm³/mol. The van der Waals surface area contributed by atoms with Gasteiger partial charge in [-0.25, -0.2) is 4.68 Å². The second-order valence-electron chi connectivity index (χ2n) is 6.96. The van der Waals surface area contributed by atoms with Crippen LogP contribution in [-0.2, 0) is 22.6 Å². The van der Waals surface area contributed by atoms with Crippen molar-refractivity contribution in [2.75, 3.05) is 19.6 Å². The summed E-state index contributed by atoms with van der Waals surface area (Å²) < 4.78 is 1.16. The molecule has 1 atom stereocenters. The van der Waals surface area contributed by atoms with E-state index >= 15 is 0 Å². The molecule has 1 aliphatic rings. The first-order valence-corrected chi connectivity index (χ1v) is 9.65. The van der Waals surface area contributed by atoms with Crippen molar-refractivity contribution in [3.05, 3.63) is 63.0 Å². The molecule has 0 saturated carbocycles. The Morgan fingerprint density at radius 2 is 1.96 bits per heavy atom. The Labute approximate surface area is 168 Å². The van der Waals surface area contributed by atoms with Crippen LogP contribution in [0.2, 0.25) is 5.02 Å². The van der Waals surface area contributed by atoms with Gasteiger partial charge in [-0.3, -0.25) is 14.4 Å². The smallest absolute Gasteiger partial charge is 0.267 e. The highest BCUT2D eigenvalue weighted by Crippen LogP contribution is 2.17. The highest BCUT2D eigenvalue weighted by Gasteiger charge is 2.31. The fraction of sp³-hybridized carbons (Fsp3) is 0.400. The molecule has 0 aliphatic carbocycles. The van der Waals surface area contributed by atoms with Crippen molar-refractivity contribution in [3.63, 3.8) is 0 Å². The van der Waals surface area contributed by atoms with Gasteiger partial charge in [0, 0.05) is 30.7 Å². The number of hydrogen-bond acceptors (Lipinski definition) is 4. The maximum absolute atomic E-state index is 12.5. The average molecular weight is 403 g/mol. The lowest BCUT2D eigenvalue weighted by Crippen LogP contribution is -2.38. The maximum atomic E-state index is 12.5. The number of amides is 2. The maximum Gasteiger partial charge on any atom is 0.267 e. The number of aryl methyl sites for hydroxylation is 1. The normalized spacial score (nSPS) is 16.2. The molecule has 2 amide bonds. The number of halogens is 1. The summed E-state index contributed by atoms with van der Waals surface area (Å²) in [6.07, 6.45) is 1.34. The number of nitrogens with one attached hydrogen (secondary N) is 1. The van der Waals surface area contributed by atoms with E-state index in [2.05, 4.69) is 10.4 Å². The van der Waals surface area contributed by atoms with E-state index < -0.39 is 0 Å². The van der Waals surface area contributed by atoms with E-state index in [9.17, 15) is 14.4 Å². The summed E-state index contributed by atoms with van der Waals surface area (Å²) in [6.45, 7) is 3.07. The molecule has 2 aromatic rings. The summed E-state index contributed by atoms with van der Waals surface area (Å²) in [5.41, 5.74) is 1.46. The van der Waals surface area contributed by atoms with Crippen LogP contribution in [0.3, 0.4) is 0 Å². The third kappa shape index (κ3) is 5.19. The fourth-order valence-corrected chi connectivity index (χ4v) is 3.34. The predicted octanol–water partition coefficient (Wildman–Crippen LogP) is 1.41. The van der Waals surface area contributed by atoms with Gasteiger partial charge in [0.2, 0.25) is 11.8 Å². The summed E-state index contributed by atoms with van der Waals surface area (Å²) in [7, 11) is 0. The van der Waals surface area contributed by atoms with Crippen molar-refractivity contribution in [1.29, 1.82) is 0 Å². The Bertz CT molecular complexity index is 910. The minimum atomic E-state index is -0.311. The van der Waals surface area contributed by atoms with Gasteiger partial charge in [-0.05, 0) is 43.5 Å². The van der Waals surface area contributed by atoms with Gasteiger partial charge in [0.15, 0.2) is 0 Å². The molecule has 1 saturated heterocycles. The van der Waals surface area contributed by atoms with Crippen molar-refractivity contribution in [2.45, 2.75) is 26.3 Å². The summed E-state index contributed by atoms with van der Waals surface area (Å²) >= 11 is 5.86. The summed E-state index contributed by atoms with van der Waals surface area (Å²) in [5, 5.41) is 7.70. The number of benzene rings is 1. The van der Waals surface area contributed by atoms with Gasteiger partial charge in [0.05, 0.1) is 11.6 Å². The molecule has 3 rings (SSSR count). The number of carbonyl (C=O) groups excluding carboxylic acids is 2. The minimum Gasteiger partial charge on any atom is -0.355 e. The molecule has 0 radical (unpaired) electrons. The molecule has 148 valence electrons. The lowest BCUT2D eigenvalue weighted by atomic mass is 10.1. The monoisotopic (exact) mass is 402 g/mol. The largest absolute Gasteiger partial charge is 0.355 e. The number of likely N-dealkylation sites (tertiary alicyclic amines) is 1. The summed E-state index contributed by atoms with van der Waals surface area (Å²) in [4.78, 5) is 38.3. The first kappa shape index (κ1) is 20.1. The van der Waals surface area contributed by atoms with E-state index in [4.69, 9.17) is 11.6 Å². The van der Waals surface area contributed by atoms with Crippen molar-refractivity contribution in [2.24, 2.45) is 5.92 Å². The molecule has 1 fully saturated rings. The quantitative estimate of drug-likeness (QED) is 0.791. The molecule has 8 heteroatoms. The van der Waals surface area contributed by atoms with Crippen LogP contribution >= 0.6 is 11.6 Å². The Morgan fingerprint density at radius 3 is 2.71 bits per heavy atom. The highest BCUT2D eigenvalue weighted by molar-refractivity contribution is 6.30. The molecular formula is C20H23ClN4O3. The summed E-state index contributed by atoms with van der Waals surface area (Å²) in [6, 6.07) is 10.5. The van der Waals surface area contributed by atoms with E-state index in [1.807, 2.05) is 24.3 Å². The van der Waals surface area contributed by atoms with E-state index in [1.165, 1.54) is 6.07 Å². The van der Waals surface area contributed by atoms with Crippen molar-refractivity contribution >= 4 is 23.4 Å². The molecule has 2 heterocycles. The van der Waals surface area contributed by atoms with E-state index in [1.54, 1.807) is 17.9 Å². The van der Waals surface area contributed by atoms with Crippen LogP contribution in [0.5, 0.6) is 0 Å². The van der Waals surface area contributed by atoms with Crippen molar-refractivity contribution < 1.29 is 9.59 Å². The van der Waals surface area contributed by atoms with Crippen LogP contribution in [-0.4, -0.2) is 46.1 Å². The second kappa shape index (κ2) is 9.01. The molecular weight excluding hydrogens is 380 g/mol. The average Bonchev–Trinajstić information content (AvgIpc) is 3.17. The third-order valence-corrected chi connectivity index (χ3v) is 5.07. The van der Waals surface area contributed by atoms with Crippen LogP contribution in [0, 0.1) is 12.8 Å². The van der Waals surface area contributed by atoms with Gasteiger partial charge in [-0.1, -0.05) is 23.7 Å². The molecule has 1 unspecified atom stereocenters. The number of rotatable bonds is 6. The first-order chi connectivity index (χ1) is 13.4. The van der Waals surface area contributed by atoms with Gasteiger partial charge < -0.3 is 10.2 Å². The minimum absolute atomic E-state index is 0.0462. The Hall–Kier alpha value is -2.67. The Balaban J connectivity index is 1.46. The third-order valence-electron chi connectivity index (χ3n) is 4.82. The van der Waals surface area contributed by atoms with E-state index in [-0.39, 0.29) is 29.8 Å². The number of hydrogen-bond donors (Lipinski definition) is 1. The SMILES string of the molecule is Cc1ccc(=O)n(CC(=O)N2CCC(C(=O)NCCc3ccc(Cl)cc3)C2)n1. The van der Waals surface area contributed by atoms with Crippen molar-refractivity contribution in [1.82, 2.24) is 20.0 Å². The zero-order chi connectivity index (χ0) is 20.1. The highest BCUT2D eigenvalue weighted by atomic mass is 35.5. The molecule has 0 bridgehead atoms. The molecule has 28 heavy (non-hydrogen) atoms. The number of carbonyl (C=O) groups is 2. The molecule has 7 nitrogen and oxygen atoms in total. The van der Waals surface area contributed by atoms with E-state index in [0.717, 1.165) is 16.7 Å². The van der Waals surface area contributed by atoms with Crippen LogP contribution in [0.15, 0.2) is 41.2 Å². The topological polar surface area (TPSA) is 84.3 Å². The Morgan fingerprint density at radius 1 is 1.21 bits per heavy atom. The van der Waals surface area contributed by atoms with Gasteiger partial charge >= 0.3 is 0 Å². The van der Waals surface area contributed by atoms with Crippen LogP contribution in [0.25, 0.3) is 0 Å². The molecule has 1 aromatic carbocycles. The van der Waals surface area contributed by atoms with Crippen molar-refractivity contribution in [3.8, 4) is 0 Å². The molecule has 1 aliphatic heterocycles. The summed E-state index contributed by atoms with van der Waals surface area (Å²) in [5.74, 6) is -0.469. The number of aromatic nitrogens is 2. The zero-order valence-corrected chi connectivity index (χ0v) is 16.5. The lowest BCUT2D eigenvalue weighted by Gasteiger charge is -2.17. The van der Waals surface area contributed by atoms with Gasteiger partial charge in [-0.15, -0.1) is 0 Å². The molecule has 0 spiro atoms. The molecule has 1 aromatic heterocycles. The van der Waals surface area contributed by atoms with Gasteiger partial charge in [0.1, 0.15) is 6.54 Å². The lowest BCUT2D eigenvalue weighted by molar-refractivity contribution is -0.131. The van der Waals surface area contributed by atoms with Crippen LogP contribution < -0.4 is 10.9 Å². The van der Waals surface area contributed by atoms with Gasteiger partial charge in [0.25, 0.3) is 5.56 Å². The second-order valence-corrected chi connectivity index (χ2v) is 7.40. The standard InChI is InChI=1S/C20H23ClN4O3/c1-14-2-7-18(26)25(23-14)13-19(27)24-11-9-16(12-24)20(28)22-10-8-15-3-5-17(21)6-4-15/h2-7,16H,8-13H2,1H3,(H,22,28). The van der Waals surface area contributed by atoms with E-state index in [0.29, 0.717) is 36.8 Å². The zero-order valence-electron chi connectivity index (χ0n) is 15.7. The number of nitrogens with zero attached hydrogens (tertiary/aromatic N) is 3. The Kier molecular flexibility index (Phi) is 6.46. The fourth-order valence-electron chi connectivity index (χ4n) is 3.22. The van der Waals surface area contributed by atoms with Crippen LogP contribution in [0.1, 0.15) is 17.7 Å². The van der Waals surface area contributed by atoms with Gasteiger partial charge in [-0.2, -0.15) is 5.10 Å². The van der Waals surface area contributed by atoms with Crippen LogP contribution in [0.4, 0.5) is 0 Å². The molecule has 1 N–H and O–H groups in total.